The molecule has 0 amide bonds. The van der Waals surface area contributed by atoms with Crippen molar-refractivity contribution in [3.8, 4) is 62.1 Å². The standard InChI is InChI=1S/C67H51N5/c1-3-14-46(15-4-1)64-68-65(70-66(69-64)48-30-33-55(34-31-48)71-60-23-10-7-20-56(60)57-21-8-11-24-61(57)71)47-28-26-45(27-29-47)49-16-13-17-50(41-49)51-32-35-63-59(42-51)67(52-37-43-36-44(39-52)40-53(67)38-43)58-22-9-12-25-62(58)72(63)54-18-5-2-6-19-54/h1-35,41-44,52-53H,36-40H2. The van der Waals surface area contributed by atoms with E-state index in [1.807, 2.05) is 18.2 Å². The van der Waals surface area contributed by atoms with Crippen LogP contribution in [0, 0.1) is 23.7 Å². The minimum absolute atomic E-state index is 0.0142. The lowest BCUT2D eigenvalue weighted by atomic mass is 9.41. The highest BCUT2D eigenvalue weighted by molar-refractivity contribution is 6.09. The van der Waals surface area contributed by atoms with Crippen LogP contribution in [0.15, 0.2) is 224 Å². The lowest BCUT2D eigenvalue weighted by molar-refractivity contribution is -0.0419. The molecule has 3 heterocycles. The minimum atomic E-state index is 0.0142. The number of rotatable bonds is 7. The van der Waals surface area contributed by atoms with Crippen molar-refractivity contribution in [1.82, 2.24) is 19.5 Å². The molecule has 4 fully saturated rings. The second-order valence-electron chi connectivity index (χ2n) is 20.8. The fourth-order valence-corrected chi connectivity index (χ4v) is 14.2. The molecule has 2 aromatic heterocycles. The molecule has 344 valence electrons. The van der Waals surface area contributed by atoms with Crippen LogP contribution < -0.4 is 4.90 Å². The third-order valence-corrected chi connectivity index (χ3v) is 17.0. The number of nitrogens with zero attached hydrogens (tertiary/aromatic N) is 5. The Bertz CT molecular complexity index is 3790. The van der Waals surface area contributed by atoms with Gasteiger partial charge in [0.05, 0.1) is 22.4 Å². The van der Waals surface area contributed by atoms with Crippen LogP contribution in [0.5, 0.6) is 0 Å². The van der Waals surface area contributed by atoms with Crippen LogP contribution in [-0.4, -0.2) is 19.5 Å². The number of fused-ring (bicyclic) bond motifs is 5. The summed E-state index contributed by atoms with van der Waals surface area (Å²) in [4.78, 5) is 17.9. The van der Waals surface area contributed by atoms with Crippen LogP contribution in [0.1, 0.15) is 43.2 Å². The van der Waals surface area contributed by atoms with Gasteiger partial charge in [0.15, 0.2) is 17.5 Å². The molecule has 11 aromatic rings. The quantitative estimate of drug-likeness (QED) is 0.160. The van der Waals surface area contributed by atoms with Gasteiger partial charge in [-0.15, -0.1) is 0 Å². The summed E-state index contributed by atoms with van der Waals surface area (Å²) in [6.45, 7) is 0. The van der Waals surface area contributed by atoms with E-state index >= 15 is 0 Å². The molecule has 0 atom stereocenters. The lowest BCUT2D eigenvalue weighted by Crippen LogP contribution is -2.57. The van der Waals surface area contributed by atoms with E-state index in [0.717, 1.165) is 39.8 Å². The number of hydrogen-bond donors (Lipinski definition) is 0. The number of hydrogen-bond acceptors (Lipinski definition) is 4. The first-order valence-corrected chi connectivity index (χ1v) is 25.8. The molecule has 0 N–H and O–H groups in total. The Morgan fingerprint density at radius 1 is 0.333 bits per heavy atom. The fourth-order valence-electron chi connectivity index (χ4n) is 14.2. The third-order valence-electron chi connectivity index (χ3n) is 17.0. The highest BCUT2D eigenvalue weighted by atomic mass is 15.2. The molecule has 4 saturated carbocycles. The molecule has 4 aliphatic carbocycles. The first kappa shape index (κ1) is 41.4. The average molecular weight is 926 g/mol. The van der Waals surface area contributed by atoms with Gasteiger partial charge < -0.3 is 9.47 Å². The Hall–Kier alpha value is -8.41. The Morgan fingerprint density at radius 2 is 0.792 bits per heavy atom. The van der Waals surface area contributed by atoms with Gasteiger partial charge in [-0.3, -0.25) is 0 Å². The van der Waals surface area contributed by atoms with Crippen molar-refractivity contribution in [1.29, 1.82) is 0 Å². The highest BCUT2D eigenvalue weighted by Crippen LogP contribution is 2.69. The van der Waals surface area contributed by atoms with Crippen molar-refractivity contribution in [2.75, 3.05) is 4.90 Å². The van der Waals surface area contributed by atoms with Crippen molar-refractivity contribution >= 4 is 38.9 Å². The Morgan fingerprint density at radius 3 is 1.43 bits per heavy atom. The molecule has 5 aliphatic rings. The molecule has 0 saturated heterocycles. The largest absolute Gasteiger partial charge is 0.310 e. The molecule has 0 unspecified atom stereocenters. The van der Waals surface area contributed by atoms with Crippen molar-refractivity contribution in [2.24, 2.45) is 23.7 Å². The van der Waals surface area contributed by atoms with E-state index in [9.17, 15) is 0 Å². The molecule has 5 heteroatoms. The highest BCUT2D eigenvalue weighted by Gasteiger charge is 2.61. The van der Waals surface area contributed by atoms with E-state index in [-0.39, 0.29) is 5.41 Å². The van der Waals surface area contributed by atoms with Crippen molar-refractivity contribution < 1.29 is 0 Å². The molecule has 1 aliphatic heterocycles. The molecular weight excluding hydrogens is 875 g/mol. The molecular formula is C67H51N5. The van der Waals surface area contributed by atoms with Crippen LogP contribution >= 0.6 is 0 Å². The topological polar surface area (TPSA) is 46.8 Å². The van der Waals surface area contributed by atoms with Gasteiger partial charge in [0.2, 0.25) is 0 Å². The smallest absolute Gasteiger partial charge is 0.164 e. The predicted molar refractivity (Wildman–Crippen MR) is 294 cm³/mol. The van der Waals surface area contributed by atoms with Crippen LogP contribution in [0.25, 0.3) is 83.9 Å². The zero-order chi connectivity index (χ0) is 47.3. The summed E-state index contributed by atoms with van der Waals surface area (Å²) in [6, 6.07) is 81.8. The van der Waals surface area contributed by atoms with Gasteiger partial charge in [-0.05, 0) is 162 Å². The Balaban J connectivity index is 0.785. The van der Waals surface area contributed by atoms with Crippen LogP contribution in [0.3, 0.4) is 0 Å². The van der Waals surface area contributed by atoms with Gasteiger partial charge in [-0.1, -0.05) is 152 Å². The summed E-state index contributed by atoms with van der Waals surface area (Å²) >= 11 is 0. The zero-order valence-corrected chi connectivity index (χ0v) is 39.9. The SMILES string of the molecule is c1ccc(-c2nc(-c3ccc(-c4cccc(-c5ccc6c(c5)C5(c7ccccc7N6c6ccccc6)C6CC7CC(C6)CC5C7)c4)cc3)nc(-c3ccc(-n4c5ccccc5c5ccccc54)cc3)n2)cc1. The average Bonchev–Trinajstić information content (AvgIpc) is 3.79. The normalized spacial score (nSPS) is 20.5. The maximum atomic E-state index is 5.15. The lowest BCUT2D eigenvalue weighted by Gasteiger charge is -2.64. The number of anilines is 3. The minimum Gasteiger partial charge on any atom is -0.310 e. The molecule has 9 aromatic carbocycles. The number of benzene rings is 9. The van der Waals surface area contributed by atoms with Gasteiger partial charge in [0, 0.05) is 44.3 Å². The maximum absolute atomic E-state index is 5.15. The van der Waals surface area contributed by atoms with Crippen molar-refractivity contribution in [3.63, 3.8) is 0 Å². The molecule has 5 nitrogen and oxygen atoms in total. The summed E-state index contributed by atoms with van der Waals surface area (Å²) < 4.78 is 2.34. The van der Waals surface area contributed by atoms with Gasteiger partial charge in [-0.2, -0.15) is 0 Å². The van der Waals surface area contributed by atoms with Gasteiger partial charge in [0.25, 0.3) is 0 Å². The van der Waals surface area contributed by atoms with Crippen LogP contribution in [0.4, 0.5) is 17.1 Å². The van der Waals surface area contributed by atoms with Gasteiger partial charge in [-0.25, -0.2) is 15.0 Å². The number of aromatic nitrogens is 4. The van der Waals surface area contributed by atoms with Crippen molar-refractivity contribution in [2.45, 2.75) is 37.5 Å². The van der Waals surface area contributed by atoms with E-state index in [0.29, 0.717) is 29.3 Å². The van der Waals surface area contributed by atoms with E-state index in [1.165, 1.54) is 98.8 Å². The fraction of sp³-hybridized carbons (Fsp3) is 0.149. The summed E-state index contributed by atoms with van der Waals surface area (Å²) in [5, 5.41) is 2.49. The summed E-state index contributed by atoms with van der Waals surface area (Å²) in [7, 11) is 0. The predicted octanol–water partition coefficient (Wildman–Crippen LogP) is 16.8. The van der Waals surface area contributed by atoms with Crippen LogP contribution in [0.2, 0.25) is 0 Å². The van der Waals surface area contributed by atoms with E-state index in [2.05, 4.69) is 216 Å². The van der Waals surface area contributed by atoms with E-state index < -0.39 is 0 Å². The van der Waals surface area contributed by atoms with Gasteiger partial charge in [0.1, 0.15) is 0 Å². The monoisotopic (exact) mass is 925 g/mol. The molecule has 0 radical (unpaired) electrons. The second kappa shape index (κ2) is 16.3. The van der Waals surface area contributed by atoms with E-state index in [1.54, 1.807) is 0 Å². The third kappa shape index (κ3) is 6.43. The zero-order valence-electron chi connectivity index (χ0n) is 39.9. The second-order valence-corrected chi connectivity index (χ2v) is 20.8. The summed E-state index contributed by atoms with van der Waals surface area (Å²) in [5.41, 5.74) is 18.1. The number of para-hydroxylation sites is 4. The maximum Gasteiger partial charge on any atom is 0.164 e. The molecule has 16 rings (SSSR count). The van der Waals surface area contributed by atoms with Crippen molar-refractivity contribution in [3.05, 3.63) is 236 Å². The van der Waals surface area contributed by atoms with E-state index in [4.69, 9.17) is 15.0 Å². The summed E-state index contributed by atoms with van der Waals surface area (Å²) in [5.74, 6) is 5.00. The Kier molecular flexibility index (Phi) is 9.38. The molecule has 4 bridgehead atoms. The first-order valence-electron chi connectivity index (χ1n) is 25.8. The molecule has 1 spiro atoms. The summed E-state index contributed by atoms with van der Waals surface area (Å²) in [6.07, 6.45) is 6.82. The first-order chi connectivity index (χ1) is 35.6. The Labute approximate surface area is 420 Å². The van der Waals surface area contributed by atoms with Gasteiger partial charge >= 0.3 is 0 Å². The van der Waals surface area contributed by atoms with Crippen LogP contribution in [-0.2, 0) is 5.41 Å². The molecule has 72 heavy (non-hydrogen) atoms.